The standard InChI is InChI=1S/C10H9F3S/c11-9-6-7(2-1-5-14)3-4-8(9)10(12)13/h1-4,6,10,14H,5H2. The van der Waals surface area contributed by atoms with Crippen LogP contribution in [0.4, 0.5) is 13.2 Å². The van der Waals surface area contributed by atoms with Crippen LogP contribution in [0.5, 0.6) is 0 Å². The summed E-state index contributed by atoms with van der Waals surface area (Å²) in [5.41, 5.74) is -0.00558. The normalized spacial score (nSPS) is 11.5. The van der Waals surface area contributed by atoms with Gasteiger partial charge in [0.05, 0.1) is 5.56 Å². The van der Waals surface area contributed by atoms with Crippen LogP contribution in [0, 0.1) is 5.82 Å². The van der Waals surface area contributed by atoms with Gasteiger partial charge in [0.25, 0.3) is 6.43 Å². The molecule has 0 atom stereocenters. The Kier molecular flexibility index (Phi) is 4.07. The zero-order valence-corrected chi connectivity index (χ0v) is 8.15. The molecule has 0 aliphatic heterocycles. The predicted molar refractivity (Wildman–Crippen MR) is 54.2 cm³/mol. The lowest BCUT2D eigenvalue weighted by Crippen LogP contribution is -1.90. The second-order valence-corrected chi connectivity index (χ2v) is 3.03. The fraction of sp³-hybridized carbons (Fsp3) is 0.200. The quantitative estimate of drug-likeness (QED) is 0.735. The molecule has 0 amide bonds. The Morgan fingerprint density at radius 1 is 1.36 bits per heavy atom. The van der Waals surface area contributed by atoms with E-state index in [1.165, 1.54) is 6.07 Å². The average Bonchev–Trinajstić information content (AvgIpc) is 2.14. The van der Waals surface area contributed by atoms with E-state index in [2.05, 4.69) is 12.6 Å². The summed E-state index contributed by atoms with van der Waals surface area (Å²) >= 11 is 3.93. The maximum absolute atomic E-state index is 13.0. The Morgan fingerprint density at radius 3 is 2.57 bits per heavy atom. The Hall–Kier alpha value is -0.900. The molecule has 0 aromatic heterocycles. The van der Waals surface area contributed by atoms with Gasteiger partial charge in [-0.3, -0.25) is 0 Å². The van der Waals surface area contributed by atoms with Gasteiger partial charge in [-0.05, 0) is 17.7 Å². The maximum atomic E-state index is 13.0. The number of alkyl halides is 2. The summed E-state index contributed by atoms with van der Waals surface area (Å²) < 4.78 is 37.3. The molecule has 4 heteroatoms. The summed E-state index contributed by atoms with van der Waals surface area (Å²) in [6.07, 6.45) is 0.573. The van der Waals surface area contributed by atoms with Crippen molar-refractivity contribution in [2.45, 2.75) is 6.43 Å². The van der Waals surface area contributed by atoms with Crippen molar-refractivity contribution in [2.75, 3.05) is 5.75 Å². The molecule has 0 saturated heterocycles. The summed E-state index contributed by atoms with van der Waals surface area (Å²) in [6, 6.07) is 3.63. The van der Waals surface area contributed by atoms with Gasteiger partial charge in [-0.1, -0.05) is 18.2 Å². The lowest BCUT2D eigenvalue weighted by molar-refractivity contribution is 0.146. The molecule has 14 heavy (non-hydrogen) atoms. The van der Waals surface area contributed by atoms with Crippen LogP contribution in [0.2, 0.25) is 0 Å². The number of rotatable bonds is 3. The van der Waals surface area contributed by atoms with Crippen LogP contribution in [-0.2, 0) is 0 Å². The second-order valence-electron chi connectivity index (χ2n) is 2.67. The first-order valence-electron chi connectivity index (χ1n) is 4.00. The Labute approximate surface area is 85.9 Å². The van der Waals surface area contributed by atoms with Crippen molar-refractivity contribution < 1.29 is 13.2 Å². The van der Waals surface area contributed by atoms with Crippen LogP contribution >= 0.6 is 12.6 Å². The molecule has 1 aromatic carbocycles. The highest BCUT2D eigenvalue weighted by atomic mass is 32.1. The number of hydrogen-bond acceptors (Lipinski definition) is 1. The van der Waals surface area contributed by atoms with E-state index < -0.39 is 17.8 Å². The highest BCUT2D eigenvalue weighted by Gasteiger charge is 2.12. The van der Waals surface area contributed by atoms with Gasteiger partial charge in [0, 0.05) is 5.75 Å². The first-order chi connectivity index (χ1) is 6.65. The first kappa shape index (κ1) is 11.2. The van der Waals surface area contributed by atoms with Crippen LogP contribution in [0.1, 0.15) is 17.6 Å². The number of thiol groups is 1. The molecule has 76 valence electrons. The first-order valence-corrected chi connectivity index (χ1v) is 4.63. The van der Waals surface area contributed by atoms with Gasteiger partial charge in [0.1, 0.15) is 5.82 Å². The third-order valence-corrected chi connectivity index (χ3v) is 1.89. The molecular formula is C10H9F3S. The van der Waals surface area contributed by atoms with Gasteiger partial charge in [-0.2, -0.15) is 12.6 Å². The van der Waals surface area contributed by atoms with E-state index in [0.29, 0.717) is 11.3 Å². The van der Waals surface area contributed by atoms with Crippen LogP contribution in [0.15, 0.2) is 24.3 Å². The summed E-state index contributed by atoms with van der Waals surface area (Å²) in [5, 5.41) is 0. The molecule has 0 aliphatic rings. The monoisotopic (exact) mass is 218 g/mol. The Balaban J connectivity index is 2.94. The smallest absolute Gasteiger partial charge is 0.206 e. The number of benzene rings is 1. The van der Waals surface area contributed by atoms with Crippen molar-refractivity contribution in [3.63, 3.8) is 0 Å². The van der Waals surface area contributed by atoms with E-state index in [-0.39, 0.29) is 0 Å². The van der Waals surface area contributed by atoms with Crippen molar-refractivity contribution in [1.82, 2.24) is 0 Å². The minimum absolute atomic E-state index is 0.526. The highest BCUT2D eigenvalue weighted by molar-refractivity contribution is 7.80. The molecule has 0 aliphatic carbocycles. The largest absolute Gasteiger partial charge is 0.266 e. The molecule has 0 radical (unpaired) electrons. The van der Waals surface area contributed by atoms with Crippen molar-refractivity contribution in [1.29, 1.82) is 0 Å². The van der Waals surface area contributed by atoms with Crippen LogP contribution < -0.4 is 0 Å². The lowest BCUT2D eigenvalue weighted by atomic mass is 10.1. The summed E-state index contributed by atoms with van der Waals surface area (Å²) in [5.74, 6) is -0.348. The van der Waals surface area contributed by atoms with E-state index in [0.717, 1.165) is 12.1 Å². The summed E-state index contributed by atoms with van der Waals surface area (Å²) in [7, 11) is 0. The molecular weight excluding hydrogens is 209 g/mol. The summed E-state index contributed by atoms with van der Waals surface area (Å²) in [4.78, 5) is 0. The average molecular weight is 218 g/mol. The maximum Gasteiger partial charge on any atom is 0.266 e. The SMILES string of the molecule is Fc1cc(C=CCS)ccc1C(F)F. The minimum Gasteiger partial charge on any atom is -0.206 e. The highest BCUT2D eigenvalue weighted by Crippen LogP contribution is 2.22. The molecule has 0 unspecified atom stereocenters. The van der Waals surface area contributed by atoms with Gasteiger partial charge in [0.2, 0.25) is 0 Å². The van der Waals surface area contributed by atoms with Gasteiger partial charge in [0.15, 0.2) is 0 Å². The molecule has 0 saturated carbocycles. The predicted octanol–water partition coefficient (Wildman–Crippen LogP) is 3.71. The fourth-order valence-corrected chi connectivity index (χ4v) is 1.12. The van der Waals surface area contributed by atoms with E-state index in [9.17, 15) is 13.2 Å². The van der Waals surface area contributed by atoms with Gasteiger partial charge < -0.3 is 0 Å². The van der Waals surface area contributed by atoms with Crippen molar-refractivity contribution in [2.24, 2.45) is 0 Å². The molecule has 1 aromatic rings. The van der Waals surface area contributed by atoms with Crippen molar-refractivity contribution in [3.05, 3.63) is 41.2 Å². The second kappa shape index (κ2) is 5.10. The van der Waals surface area contributed by atoms with Crippen LogP contribution in [-0.4, -0.2) is 5.75 Å². The van der Waals surface area contributed by atoms with Gasteiger partial charge >= 0.3 is 0 Å². The molecule has 0 spiro atoms. The summed E-state index contributed by atoms with van der Waals surface area (Å²) in [6.45, 7) is 0. The minimum atomic E-state index is -2.77. The van der Waals surface area contributed by atoms with Crippen LogP contribution in [0.3, 0.4) is 0 Å². The molecule has 0 fully saturated rings. The van der Waals surface area contributed by atoms with Crippen LogP contribution in [0.25, 0.3) is 6.08 Å². The van der Waals surface area contributed by atoms with E-state index >= 15 is 0 Å². The molecule has 1 rings (SSSR count). The number of hydrogen-bond donors (Lipinski definition) is 1. The van der Waals surface area contributed by atoms with Gasteiger partial charge in [-0.25, -0.2) is 13.2 Å². The third-order valence-electron chi connectivity index (χ3n) is 1.68. The fourth-order valence-electron chi connectivity index (χ4n) is 1.01. The molecule has 0 N–H and O–H groups in total. The molecule has 0 bridgehead atoms. The number of halogens is 3. The zero-order valence-electron chi connectivity index (χ0n) is 7.25. The Bertz CT molecular complexity index is 334. The topological polar surface area (TPSA) is 0 Å². The zero-order chi connectivity index (χ0) is 10.6. The Morgan fingerprint density at radius 2 is 2.07 bits per heavy atom. The van der Waals surface area contributed by atoms with E-state index in [1.807, 2.05) is 0 Å². The molecule has 0 nitrogen and oxygen atoms in total. The molecule has 0 heterocycles. The van der Waals surface area contributed by atoms with E-state index in [1.54, 1.807) is 12.2 Å². The van der Waals surface area contributed by atoms with Crippen molar-refractivity contribution >= 4 is 18.7 Å². The van der Waals surface area contributed by atoms with Crippen molar-refractivity contribution in [3.8, 4) is 0 Å². The third kappa shape index (κ3) is 2.80. The lowest BCUT2D eigenvalue weighted by Gasteiger charge is -2.02. The van der Waals surface area contributed by atoms with E-state index in [4.69, 9.17) is 0 Å². The van der Waals surface area contributed by atoms with Gasteiger partial charge in [-0.15, -0.1) is 0 Å².